The van der Waals surface area contributed by atoms with Crippen LogP contribution in [0.1, 0.15) is 21.7 Å². The van der Waals surface area contributed by atoms with Gasteiger partial charge >= 0.3 is 5.97 Å². The first kappa shape index (κ1) is 20.3. The molecule has 0 aliphatic heterocycles. The standard InChI is InChI=1S/C19H23NO7/c1-12-11-27-16(10-17(21)22)18(12)19(23)20(7-8-24-2)13-5-6-14(25-3)15(9-13)26-4/h5-6,9,11H,7-8,10H2,1-4H3,(H,21,22). The van der Waals surface area contributed by atoms with Gasteiger partial charge in [0.15, 0.2) is 11.5 Å². The summed E-state index contributed by atoms with van der Waals surface area (Å²) in [4.78, 5) is 25.8. The number of carboxylic acids is 1. The molecule has 2 rings (SSSR count). The van der Waals surface area contributed by atoms with Gasteiger partial charge in [0.25, 0.3) is 5.91 Å². The molecule has 2 aromatic rings. The molecular formula is C19H23NO7. The molecule has 146 valence electrons. The lowest BCUT2D eigenvalue weighted by Crippen LogP contribution is -2.34. The number of benzene rings is 1. The number of furan rings is 1. The molecule has 1 aromatic carbocycles. The number of methoxy groups -OCH3 is 3. The van der Waals surface area contributed by atoms with E-state index < -0.39 is 5.97 Å². The Bertz CT molecular complexity index is 812. The first-order valence-electron chi connectivity index (χ1n) is 8.24. The predicted octanol–water partition coefficient (Wildman–Crippen LogP) is 2.53. The van der Waals surface area contributed by atoms with Crippen molar-refractivity contribution in [3.63, 3.8) is 0 Å². The van der Waals surface area contributed by atoms with Gasteiger partial charge in [-0.05, 0) is 19.1 Å². The number of anilines is 1. The maximum Gasteiger partial charge on any atom is 0.311 e. The minimum Gasteiger partial charge on any atom is -0.493 e. The van der Waals surface area contributed by atoms with Crippen molar-refractivity contribution in [2.24, 2.45) is 0 Å². The van der Waals surface area contributed by atoms with Crippen molar-refractivity contribution in [2.75, 3.05) is 39.4 Å². The summed E-state index contributed by atoms with van der Waals surface area (Å²) >= 11 is 0. The van der Waals surface area contributed by atoms with E-state index in [9.17, 15) is 9.59 Å². The molecule has 0 fully saturated rings. The van der Waals surface area contributed by atoms with Gasteiger partial charge in [0.2, 0.25) is 0 Å². The van der Waals surface area contributed by atoms with Crippen LogP contribution in [0.3, 0.4) is 0 Å². The number of nitrogens with zero attached hydrogens (tertiary/aromatic N) is 1. The predicted molar refractivity (Wildman–Crippen MR) is 97.9 cm³/mol. The monoisotopic (exact) mass is 377 g/mol. The summed E-state index contributed by atoms with van der Waals surface area (Å²) in [6.45, 7) is 2.26. The molecule has 1 heterocycles. The summed E-state index contributed by atoms with van der Waals surface area (Å²) in [5.74, 6) is -0.325. The second-order valence-corrected chi connectivity index (χ2v) is 5.78. The minimum atomic E-state index is -1.08. The highest BCUT2D eigenvalue weighted by Gasteiger charge is 2.26. The smallest absolute Gasteiger partial charge is 0.311 e. The number of amides is 1. The number of carbonyl (C=O) groups excluding carboxylic acids is 1. The zero-order valence-electron chi connectivity index (χ0n) is 15.8. The molecule has 0 radical (unpaired) electrons. The van der Waals surface area contributed by atoms with Crippen molar-refractivity contribution in [3.05, 3.63) is 41.3 Å². The van der Waals surface area contributed by atoms with Crippen molar-refractivity contribution in [1.82, 2.24) is 0 Å². The lowest BCUT2D eigenvalue weighted by molar-refractivity contribution is -0.136. The quantitative estimate of drug-likeness (QED) is 0.717. The largest absolute Gasteiger partial charge is 0.493 e. The topological polar surface area (TPSA) is 98.4 Å². The van der Waals surface area contributed by atoms with Crippen LogP contribution in [0.25, 0.3) is 0 Å². The van der Waals surface area contributed by atoms with E-state index in [1.165, 1.54) is 32.5 Å². The van der Waals surface area contributed by atoms with Gasteiger partial charge in [0, 0.05) is 31.0 Å². The molecule has 0 aliphatic rings. The van der Waals surface area contributed by atoms with Crippen molar-refractivity contribution in [3.8, 4) is 11.5 Å². The molecule has 27 heavy (non-hydrogen) atoms. The van der Waals surface area contributed by atoms with Crippen molar-refractivity contribution in [2.45, 2.75) is 13.3 Å². The zero-order valence-corrected chi connectivity index (χ0v) is 15.8. The van der Waals surface area contributed by atoms with E-state index >= 15 is 0 Å². The number of carbonyl (C=O) groups is 2. The van der Waals surface area contributed by atoms with Crippen LogP contribution in [0.5, 0.6) is 11.5 Å². The second-order valence-electron chi connectivity index (χ2n) is 5.78. The molecule has 0 saturated carbocycles. The first-order valence-corrected chi connectivity index (χ1v) is 8.24. The molecular weight excluding hydrogens is 354 g/mol. The molecule has 1 amide bonds. The number of hydrogen-bond donors (Lipinski definition) is 1. The van der Waals surface area contributed by atoms with E-state index in [4.69, 9.17) is 23.7 Å². The van der Waals surface area contributed by atoms with Gasteiger partial charge < -0.3 is 28.6 Å². The lowest BCUT2D eigenvalue weighted by Gasteiger charge is -2.24. The zero-order chi connectivity index (χ0) is 20.0. The highest BCUT2D eigenvalue weighted by molar-refractivity contribution is 6.08. The molecule has 0 saturated heterocycles. The van der Waals surface area contributed by atoms with Gasteiger partial charge in [-0.1, -0.05) is 0 Å². The van der Waals surface area contributed by atoms with Crippen molar-refractivity contribution < 1.29 is 33.3 Å². The average Bonchev–Trinajstić information content (AvgIpc) is 3.00. The van der Waals surface area contributed by atoms with Crippen LogP contribution in [-0.2, 0) is 16.0 Å². The Hall–Kier alpha value is -3.00. The van der Waals surface area contributed by atoms with Crippen LogP contribution >= 0.6 is 0 Å². The fourth-order valence-corrected chi connectivity index (χ4v) is 2.71. The van der Waals surface area contributed by atoms with E-state index in [1.54, 1.807) is 25.1 Å². The van der Waals surface area contributed by atoms with Crippen LogP contribution in [0.2, 0.25) is 0 Å². The SMILES string of the molecule is COCCN(C(=O)c1c(C)coc1CC(=O)O)c1ccc(OC)c(OC)c1. The molecule has 0 bridgehead atoms. The summed E-state index contributed by atoms with van der Waals surface area (Å²) in [5.41, 5.74) is 1.37. The lowest BCUT2D eigenvalue weighted by atomic mass is 10.1. The number of ether oxygens (including phenoxy) is 3. The molecule has 8 nitrogen and oxygen atoms in total. The van der Waals surface area contributed by atoms with Gasteiger partial charge in [-0.3, -0.25) is 9.59 Å². The normalized spacial score (nSPS) is 10.5. The number of aliphatic carboxylic acids is 1. The van der Waals surface area contributed by atoms with E-state index in [1.807, 2.05) is 0 Å². The van der Waals surface area contributed by atoms with Crippen LogP contribution in [-0.4, -0.2) is 51.5 Å². The maximum atomic E-state index is 13.2. The number of hydrogen-bond acceptors (Lipinski definition) is 6. The fraction of sp³-hybridized carbons (Fsp3) is 0.368. The minimum absolute atomic E-state index is 0.118. The third kappa shape index (κ3) is 4.59. The molecule has 1 N–H and O–H groups in total. The molecule has 1 aromatic heterocycles. The van der Waals surface area contributed by atoms with E-state index in [-0.39, 0.29) is 30.2 Å². The van der Waals surface area contributed by atoms with Crippen LogP contribution < -0.4 is 14.4 Å². The van der Waals surface area contributed by atoms with Gasteiger partial charge in [-0.2, -0.15) is 0 Å². The van der Waals surface area contributed by atoms with Gasteiger partial charge in [0.1, 0.15) is 12.2 Å². The summed E-state index contributed by atoms with van der Waals surface area (Å²) in [5, 5.41) is 9.07. The summed E-state index contributed by atoms with van der Waals surface area (Å²) in [6, 6.07) is 5.10. The third-order valence-corrected chi connectivity index (χ3v) is 4.02. The van der Waals surface area contributed by atoms with Gasteiger partial charge in [-0.25, -0.2) is 0 Å². The van der Waals surface area contributed by atoms with E-state index in [2.05, 4.69) is 0 Å². The van der Waals surface area contributed by atoms with E-state index in [0.717, 1.165) is 0 Å². The number of rotatable bonds is 9. The van der Waals surface area contributed by atoms with Crippen LogP contribution in [0, 0.1) is 6.92 Å². The van der Waals surface area contributed by atoms with Crippen LogP contribution in [0.15, 0.2) is 28.9 Å². The Labute approximate surface area is 157 Å². The highest BCUT2D eigenvalue weighted by Crippen LogP contribution is 2.32. The van der Waals surface area contributed by atoms with Crippen molar-refractivity contribution in [1.29, 1.82) is 0 Å². The molecule has 8 heteroatoms. The Balaban J connectivity index is 2.46. The Kier molecular flexibility index (Phi) is 6.84. The molecule has 0 spiro atoms. The maximum absolute atomic E-state index is 13.2. The van der Waals surface area contributed by atoms with Gasteiger partial charge in [0.05, 0.1) is 32.7 Å². The summed E-state index contributed by atoms with van der Waals surface area (Å²) < 4.78 is 21.0. The molecule has 0 unspecified atom stereocenters. The summed E-state index contributed by atoms with van der Waals surface area (Å²) in [7, 11) is 4.57. The Morgan fingerprint density at radius 3 is 2.44 bits per heavy atom. The van der Waals surface area contributed by atoms with Gasteiger partial charge in [-0.15, -0.1) is 0 Å². The Morgan fingerprint density at radius 1 is 1.15 bits per heavy atom. The first-order chi connectivity index (χ1) is 12.9. The third-order valence-electron chi connectivity index (χ3n) is 4.02. The highest BCUT2D eigenvalue weighted by atomic mass is 16.5. The number of carboxylic acid groups (broad SMARTS) is 1. The molecule has 0 aliphatic carbocycles. The molecule has 0 atom stereocenters. The summed E-state index contributed by atoms with van der Waals surface area (Å²) in [6.07, 6.45) is 1.01. The van der Waals surface area contributed by atoms with Crippen LogP contribution in [0.4, 0.5) is 5.69 Å². The second kappa shape index (κ2) is 9.09. The number of aryl methyl sites for hydroxylation is 1. The van der Waals surface area contributed by atoms with Crippen molar-refractivity contribution >= 4 is 17.6 Å². The van der Waals surface area contributed by atoms with E-state index in [0.29, 0.717) is 29.4 Å². The fourth-order valence-electron chi connectivity index (χ4n) is 2.71. The average molecular weight is 377 g/mol. The Morgan fingerprint density at radius 2 is 1.85 bits per heavy atom.